The number of benzene rings is 2. The molecule has 2 aromatic carbocycles. The van der Waals surface area contributed by atoms with Gasteiger partial charge in [-0.05, 0) is 50.6 Å². The number of anilines is 1. The summed E-state index contributed by atoms with van der Waals surface area (Å²) < 4.78 is 1.94. The Bertz CT molecular complexity index is 990. The maximum atomic E-state index is 12.6. The third kappa shape index (κ3) is 4.46. The highest BCUT2D eigenvalue weighted by molar-refractivity contribution is 8.00. The predicted octanol–water partition coefficient (Wildman–Crippen LogP) is 5.31. The van der Waals surface area contributed by atoms with E-state index < -0.39 is 5.25 Å². The smallest absolute Gasteiger partial charge is 0.237 e. The van der Waals surface area contributed by atoms with Crippen molar-refractivity contribution in [2.24, 2.45) is 0 Å². The molecule has 0 spiro atoms. The summed E-state index contributed by atoms with van der Waals surface area (Å²) >= 11 is 13.5. The van der Waals surface area contributed by atoms with Gasteiger partial charge in [0.2, 0.25) is 5.91 Å². The zero-order valence-corrected chi connectivity index (χ0v) is 17.4. The predicted molar refractivity (Wildman–Crippen MR) is 111 cm³/mol. The zero-order chi connectivity index (χ0) is 19.6. The first kappa shape index (κ1) is 19.7. The van der Waals surface area contributed by atoms with Crippen LogP contribution in [0, 0.1) is 13.8 Å². The fourth-order valence-corrected chi connectivity index (χ4v) is 3.79. The lowest BCUT2D eigenvalue weighted by atomic mass is 10.2. The summed E-state index contributed by atoms with van der Waals surface area (Å²) in [4.78, 5) is 12.6. The third-order valence-corrected chi connectivity index (χ3v) is 5.78. The molecule has 5 nitrogen and oxygen atoms in total. The molecule has 0 aliphatic heterocycles. The van der Waals surface area contributed by atoms with E-state index in [1.54, 1.807) is 18.2 Å². The van der Waals surface area contributed by atoms with E-state index in [4.69, 9.17) is 23.2 Å². The molecular weight excluding hydrogens is 403 g/mol. The lowest BCUT2D eigenvalue weighted by Crippen LogP contribution is -2.23. The average molecular weight is 421 g/mol. The molecular formula is C19H18Cl2N4OS. The molecule has 0 saturated heterocycles. The molecule has 1 atom stereocenters. The Labute approximate surface area is 172 Å². The highest BCUT2D eigenvalue weighted by atomic mass is 35.5. The van der Waals surface area contributed by atoms with E-state index in [0.29, 0.717) is 20.9 Å². The number of carbonyl (C=O) groups excluding carboxylic acids is 1. The number of aromatic nitrogens is 3. The highest BCUT2D eigenvalue weighted by Crippen LogP contribution is 2.31. The van der Waals surface area contributed by atoms with Crippen molar-refractivity contribution in [1.29, 1.82) is 0 Å². The van der Waals surface area contributed by atoms with Gasteiger partial charge in [0.05, 0.1) is 21.0 Å². The first-order valence-corrected chi connectivity index (χ1v) is 9.91. The molecule has 1 unspecified atom stereocenters. The molecule has 1 heterocycles. The van der Waals surface area contributed by atoms with Gasteiger partial charge in [0.25, 0.3) is 0 Å². The van der Waals surface area contributed by atoms with Crippen molar-refractivity contribution in [3.05, 3.63) is 63.9 Å². The Morgan fingerprint density at radius 3 is 2.63 bits per heavy atom. The van der Waals surface area contributed by atoms with Crippen molar-refractivity contribution >= 4 is 46.6 Å². The summed E-state index contributed by atoms with van der Waals surface area (Å²) in [6.45, 7) is 5.72. The van der Waals surface area contributed by atoms with Crippen LogP contribution in [0.5, 0.6) is 0 Å². The Kier molecular flexibility index (Phi) is 6.09. The number of nitrogens with one attached hydrogen (secondary N) is 1. The fraction of sp³-hybridized carbons (Fsp3) is 0.211. The van der Waals surface area contributed by atoms with Crippen molar-refractivity contribution in [2.45, 2.75) is 31.2 Å². The Balaban J connectivity index is 1.79. The van der Waals surface area contributed by atoms with Gasteiger partial charge >= 0.3 is 0 Å². The molecule has 8 heteroatoms. The molecule has 3 aromatic rings. The molecule has 27 heavy (non-hydrogen) atoms. The number of halogens is 2. The van der Waals surface area contributed by atoms with Crippen molar-refractivity contribution in [3.8, 4) is 5.69 Å². The Hall–Kier alpha value is -2.02. The SMILES string of the molecule is Cc1cccc(-n2c(C)nnc2SC(C)C(=O)Nc2cccc(Cl)c2Cl)c1. The molecule has 0 saturated carbocycles. The fourth-order valence-electron chi connectivity index (χ4n) is 2.53. The molecule has 3 rings (SSSR count). The maximum Gasteiger partial charge on any atom is 0.237 e. The number of amides is 1. The maximum absolute atomic E-state index is 12.6. The number of rotatable bonds is 5. The molecule has 0 bridgehead atoms. The van der Waals surface area contributed by atoms with E-state index in [0.717, 1.165) is 17.1 Å². The van der Waals surface area contributed by atoms with Crippen LogP contribution in [0.15, 0.2) is 47.6 Å². The topological polar surface area (TPSA) is 59.8 Å². The highest BCUT2D eigenvalue weighted by Gasteiger charge is 2.21. The van der Waals surface area contributed by atoms with Gasteiger partial charge in [-0.1, -0.05) is 53.2 Å². The second-order valence-electron chi connectivity index (χ2n) is 6.05. The van der Waals surface area contributed by atoms with E-state index in [1.165, 1.54) is 11.8 Å². The minimum absolute atomic E-state index is 0.194. The van der Waals surface area contributed by atoms with Crippen LogP contribution in [0.1, 0.15) is 18.3 Å². The lowest BCUT2D eigenvalue weighted by molar-refractivity contribution is -0.115. The largest absolute Gasteiger partial charge is 0.324 e. The Morgan fingerprint density at radius 2 is 1.89 bits per heavy atom. The van der Waals surface area contributed by atoms with Crippen molar-refractivity contribution in [3.63, 3.8) is 0 Å². The zero-order valence-electron chi connectivity index (χ0n) is 15.0. The molecule has 1 N–H and O–H groups in total. The van der Waals surface area contributed by atoms with Gasteiger partial charge in [-0.3, -0.25) is 9.36 Å². The van der Waals surface area contributed by atoms with Crippen LogP contribution in [0.3, 0.4) is 0 Å². The number of nitrogens with zero attached hydrogens (tertiary/aromatic N) is 3. The van der Waals surface area contributed by atoms with Gasteiger partial charge in [-0.15, -0.1) is 10.2 Å². The summed E-state index contributed by atoms with van der Waals surface area (Å²) in [6, 6.07) is 13.2. The van der Waals surface area contributed by atoms with E-state index in [9.17, 15) is 4.79 Å². The van der Waals surface area contributed by atoms with E-state index in [2.05, 4.69) is 21.6 Å². The standard InChI is InChI=1S/C19H18Cl2N4OS/c1-11-6-4-7-14(10-11)25-13(3)23-24-19(25)27-12(2)18(26)22-16-9-5-8-15(20)17(16)21/h4-10,12H,1-3H3,(H,22,26). The van der Waals surface area contributed by atoms with Crippen molar-refractivity contribution < 1.29 is 4.79 Å². The van der Waals surface area contributed by atoms with E-state index in [1.807, 2.05) is 43.5 Å². The molecule has 0 aliphatic carbocycles. The summed E-state index contributed by atoms with van der Waals surface area (Å²) in [5.41, 5.74) is 2.58. The summed E-state index contributed by atoms with van der Waals surface area (Å²) in [5, 5.41) is 12.2. The van der Waals surface area contributed by atoms with Gasteiger partial charge in [-0.2, -0.15) is 0 Å². The minimum Gasteiger partial charge on any atom is -0.324 e. The summed E-state index contributed by atoms with van der Waals surface area (Å²) in [5.74, 6) is 0.564. The Morgan fingerprint density at radius 1 is 1.15 bits per heavy atom. The van der Waals surface area contributed by atoms with Crippen LogP contribution in [-0.4, -0.2) is 25.9 Å². The van der Waals surface area contributed by atoms with E-state index in [-0.39, 0.29) is 5.91 Å². The quantitative estimate of drug-likeness (QED) is 0.568. The molecule has 0 aliphatic rings. The number of hydrogen-bond donors (Lipinski definition) is 1. The van der Waals surface area contributed by atoms with Crippen LogP contribution in [0.25, 0.3) is 5.69 Å². The molecule has 0 fully saturated rings. The second-order valence-corrected chi connectivity index (χ2v) is 8.15. The number of hydrogen-bond acceptors (Lipinski definition) is 4. The third-order valence-electron chi connectivity index (χ3n) is 3.92. The van der Waals surface area contributed by atoms with Gasteiger partial charge in [-0.25, -0.2) is 0 Å². The van der Waals surface area contributed by atoms with Gasteiger partial charge in [0, 0.05) is 5.69 Å². The lowest BCUT2D eigenvalue weighted by Gasteiger charge is -2.14. The first-order chi connectivity index (χ1) is 12.9. The van der Waals surface area contributed by atoms with Gasteiger partial charge in [0.15, 0.2) is 5.16 Å². The minimum atomic E-state index is -0.410. The van der Waals surface area contributed by atoms with Crippen LogP contribution in [-0.2, 0) is 4.79 Å². The number of carbonyl (C=O) groups is 1. The van der Waals surface area contributed by atoms with Crippen LogP contribution >= 0.6 is 35.0 Å². The summed E-state index contributed by atoms with van der Waals surface area (Å²) in [7, 11) is 0. The van der Waals surface area contributed by atoms with Crippen molar-refractivity contribution in [1.82, 2.24) is 14.8 Å². The van der Waals surface area contributed by atoms with Gasteiger partial charge < -0.3 is 5.32 Å². The van der Waals surface area contributed by atoms with Crippen LogP contribution in [0.4, 0.5) is 5.69 Å². The number of thioether (sulfide) groups is 1. The van der Waals surface area contributed by atoms with E-state index >= 15 is 0 Å². The molecule has 1 aromatic heterocycles. The van der Waals surface area contributed by atoms with Crippen LogP contribution < -0.4 is 5.32 Å². The van der Waals surface area contributed by atoms with Gasteiger partial charge in [0.1, 0.15) is 5.82 Å². The molecule has 1 amide bonds. The number of aryl methyl sites for hydroxylation is 2. The second kappa shape index (κ2) is 8.33. The van der Waals surface area contributed by atoms with Crippen LogP contribution in [0.2, 0.25) is 10.0 Å². The van der Waals surface area contributed by atoms with Crippen molar-refractivity contribution in [2.75, 3.05) is 5.32 Å². The summed E-state index contributed by atoms with van der Waals surface area (Å²) in [6.07, 6.45) is 0. The monoisotopic (exact) mass is 420 g/mol. The molecule has 0 radical (unpaired) electrons. The molecule has 140 valence electrons. The first-order valence-electron chi connectivity index (χ1n) is 8.27. The average Bonchev–Trinajstić information content (AvgIpc) is 2.99. The normalized spacial score (nSPS) is 12.0.